The lowest BCUT2D eigenvalue weighted by molar-refractivity contribution is -0.148. The van der Waals surface area contributed by atoms with Gasteiger partial charge in [-0.15, -0.1) is 0 Å². The summed E-state index contributed by atoms with van der Waals surface area (Å²) in [5.74, 6) is -0.983. The van der Waals surface area contributed by atoms with Gasteiger partial charge in [0.2, 0.25) is 0 Å². The average Bonchev–Trinajstić information content (AvgIpc) is 2.07. The Hall–Kier alpha value is -1.30. The summed E-state index contributed by atoms with van der Waals surface area (Å²) in [6.07, 6.45) is 0.627. The Labute approximate surface area is 107 Å². The number of hydrogen-bond donors (Lipinski definition) is 2. The van der Waals surface area contributed by atoms with Crippen molar-refractivity contribution >= 4 is 12.1 Å². The van der Waals surface area contributed by atoms with Gasteiger partial charge in [-0.05, 0) is 40.5 Å². The quantitative estimate of drug-likeness (QED) is 0.799. The number of rotatable bonds is 4. The second-order valence-corrected chi connectivity index (χ2v) is 5.92. The Bertz CT molecular complexity index is 328. The van der Waals surface area contributed by atoms with Crippen LogP contribution in [-0.4, -0.2) is 41.0 Å². The van der Waals surface area contributed by atoms with Crippen LogP contribution in [0.15, 0.2) is 0 Å². The summed E-state index contributed by atoms with van der Waals surface area (Å²) >= 11 is 0. The van der Waals surface area contributed by atoms with Crippen LogP contribution in [0.25, 0.3) is 0 Å². The molecule has 0 heterocycles. The molecule has 0 bridgehead atoms. The number of amides is 1. The van der Waals surface area contributed by atoms with Crippen LogP contribution in [0.1, 0.15) is 40.5 Å². The molecule has 1 fully saturated rings. The highest BCUT2D eigenvalue weighted by molar-refractivity contribution is 5.69. The molecule has 0 aromatic carbocycles. The Morgan fingerprint density at radius 2 is 1.94 bits per heavy atom. The normalized spacial score (nSPS) is 27.2. The summed E-state index contributed by atoms with van der Waals surface area (Å²) in [6.45, 7) is 6.99. The van der Waals surface area contributed by atoms with Crippen LogP contribution < -0.4 is 5.32 Å². The lowest BCUT2D eigenvalue weighted by Gasteiger charge is -2.45. The molecule has 0 unspecified atom stereocenters. The molecule has 18 heavy (non-hydrogen) atoms. The fraction of sp³-hybridized carbons (Fsp3) is 0.833. The molecule has 0 aliphatic heterocycles. The van der Waals surface area contributed by atoms with Gasteiger partial charge in [0, 0.05) is 5.54 Å². The zero-order valence-corrected chi connectivity index (χ0v) is 11.3. The minimum Gasteiger partial charge on any atom is -0.480 e. The number of carboxylic acids is 1. The highest BCUT2D eigenvalue weighted by Gasteiger charge is 2.43. The molecule has 0 spiro atoms. The van der Waals surface area contributed by atoms with Gasteiger partial charge in [-0.1, -0.05) is 0 Å². The van der Waals surface area contributed by atoms with Crippen LogP contribution in [0.4, 0.5) is 4.79 Å². The number of hydrogen-bond acceptors (Lipinski definition) is 4. The molecule has 1 aliphatic carbocycles. The van der Waals surface area contributed by atoms with Gasteiger partial charge in [0.05, 0.1) is 6.10 Å². The van der Waals surface area contributed by atoms with Gasteiger partial charge in [0.25, 0.3) is 0 Å². The van der Waals surface area contributed by atoms with E-state index in [9.17, 15) is 9.59 Å². The highest BCUT2D eigenvalue weighted by atomic mass is 16.6. The van der Waals surface area contributed by atoms with Crippen LogP contribution in [0.3, 0.4) is 0 Å². The van der Waals surface area contributed by atoms with Gasteiger partial charge in [0.1, 0.15) is 12.2 Å². The first kappa shape index (κ1) is 14.8. The van der Waals surface area contributed by atoms with Gasteiger partial charge < -0.3 is 19.9 Å². The van der Waals surface area contributed by atoms with Crippen molar-refractivity contribution in [2.75, 3.05) is 6.61 Å². The number of ether oxygens (including phenoxy) is 2. The number of carbonyl (C=O) groups is 2. The molecule has 1 aliphatic rings. The minimum atomic E-state index is -0.983. The van der Waals surface area contributed by atoms with Crippen molar-refractivity contribution in [2.45, 2.75) is 57.8 Å². The van der Waals surface area contributed by atoms with E-state index in [4.69, 9.17) is 14.6 Å². The van der Waals surface area contributed by atoms with Crippen LogP contribution in [0.2, 0.25) is 0 Å². The summed E-state index contributed by atoms with van der Waals surface area (Å²) < 4.78 is 10.3. The predicted octanol–water partition coefficient (Wildman–Crippen LogP) is 1.53. The molecule has 6 heteroatoms. The molecule has 104 valence electrons. The SMILES string of the molecule is CC1(NC(=O)OC(C)(C)C)CC(OCC(=O)O)C1. The van der Waals surface area contributed by atoms with Gasteiger partial charge >= 0.3 is 12.1 Å². The fourth-order valence-corrected chi connectivity index (χ4v) is 1.90. The topological polar surface area (TPSA) is 84.9 Å². The van der Waals surface area contributed by atoms with E-state index in [1.807, 2.05) is 6.92 Å². The third kappa shape index (κ3) is 4.91. The maximum absolute atomic E-state index is 11.6. The highest BCUT2D eigenvalue weighted by Crippen LogP contribution is 2.34. The lowest BCUT2D eigenvalue weighted by atomic mass is 9.76. The van der Waals surface area contributed by atoms with Crippen molar-refractivity contribution < 1.29 is 24.2 Å². The molecule has 1 amide bonds. The summed E-state index contributed by atoms with van der Waals surface area (Å²) in [4.78, 5) is 21.9. The van der Waals surface area contributed by atoms with Crippen LogP contribution in [0.5, 0.6) is 0 Å². The molecule has 0 aromatic heterocycles. The third-order valence-electron chi connectivity index (χ3n) is 2.60. The summed E-state index contributed by atoms with van der Waals surface area (Å²) in [5, 5.41) is 11.2. The van der Waals surface area contributed by atoms with Crippen LogP contribution in [0, 0.1) is 0 Å². The Morgan fingerprint density at radius 3 is 2.39 bits per heavy atom. The van der Waals surface area contributed by atoms with Gasteiger partial charge in [-0.2, -0.15) is 0 Å². The summed E-state index contributed by atoms with van der Waals surface area (Å²) in [5.41, 5.74) is -0.894. The number of carbonyl (C=O) groups excluding carboxylic acids is 1. The maximum Gasteiger partial charge on any atom is 0.408 e. The van der Waals surface area contributed by atoms with Crippen LogP contribution in [-0.2, 0) is 14.3 Å². The van der Waals surface area contributed by atoms with Crippen molar-refractivity contribution in [3.63, 3.8) is 0 Å². The Morgan fingerprint density at radius 1 is 1.39 bits per heavy atom. The smallest absolute Gasteiger partial charge is 0.408 e. The molecular formula is C12H21NO5. The summed E-state index contributed by atoms with van der Waals surface area (Å²) in [6, 6.07) is 0. The molecule has 1 rings (SSSR count). The molecule has 0 aromatic rings. The lowest BCUT2D eigenvalue weighted by Crippen LogP contribution is -2.58. The largest absolute Gasteiger partial charge is 0.480 e. The molecular weight excluding hydrogens is 238 g/mol. The first-order chi connectivity index (χ1) is 8.10. The van der Waals surface area contributed by atoms with Crippen molar-refractivity contribution in [1.82, 2.24) is 5.32 Å². The molecule has 6 nitrogen and oxygen atoms in total. The van der Waals surface area contributed by atoms with E-state index in [0.29, 0.717) is 12.8 Å². The van der Waals surface area contributed by atoms with Gasteiger partial charge in [-0.3, -0.25) is 0 Å². The van der Waals surface area contributed by atoms with Crippen molar-refractivity contribution in [1.29, 1.82) is 0 Å². The number of nitrogens with one attached hydrogen (secondary N) is 1. The number of aliphatic carboxylic acids is 1. The molecule has 1 saturated carbocycles. The van der Waals surface area contributed by atoms with Gasteiger partial charge in [-0.25, -0.2) is 9.59 Å². The predicted molar refractivity (Wildman–Crippen MR) is 64.4 cm³/mol. The Balaban J connectivity index is 2.28. The average molecular weight is 259 g/mol. The van der Waals surface area contributed by atoms with Gasteiger partial charge in [0.15, 0.2) is 0 Å². The zero-order valence-electron chi connectivity index (χ0n) is 11.3. The van der Waals surface area contributed by atoms with Crippen LogP contribution >= 0.6 is 0 Å². The van der Waals surface area contributed by atoms with Crippen molar-refractivity contribution in [3.8, 4) is 0 Å². The standard InChI is InChI=1S/C12H21NO5/c1-11(2,3)18-10(16)13-12(4)5-8(6-12)17-7-9(14)15/h8H,5-7H2,1-4H3,(H,13,16)(H,14,15). The molecule has 0 saturated heterocycles. The first-order valence-corrected chi connectivity index (χ1v) is 5.94. The molecule has 2 N–H and O–H groups in total. The van der Waals surface area contributed by atoms with Crippen molar-refractivity contribution in [2.24, 2.45) is 0 Å². The Kier molecular flexibility index (Phi) is 4.21. The van der Waals surface area contributed by atoms with E-state index >= 15 is 0 Å². The van der Waals surface area contributed by atoms with Crippen molar-refractivity contribution in [3.05, 3.63) is 0 Å². The summed E-state index contributed by atoms with van der Waals surface area (Å²) in [7, 11) is 0. The second kappa shape index (κ2) is 5.14. The van der Waals surface area contributed by atoms with E-state index in [0.717, 1.165) is 0 Å². The second-order valence-electron chi connectivity index (χ2n) is 5.92. The van der Waals surface area contributed by atoms with E-state index in [2.05, 4.69) is 5.32 Å². The third-order valence-corrected chi connectivity index (χ3v) is 2.60. The maximum atomic E-state index is 11.6. The zero-order chi connectivity index (χ0) is 14.0. The first-order valence-electron chi connectivity index (χ1n) is 5.94. The van der Waals surface area contributed by atoms with E-state index in [-0.39, 0.29) is 18.2 Å². The minimum absolute atomic E-state index is 0.110. The molecule has 0 radical (unpaired) electrons. The number of carboxylic acid groups (broad SMARTS) is 1. The van der Waals surface area contributed by atoms with E-state index in [1.165, 1.54) is 0 Å². The monoisotopic (exact) mass is 259 g/mol. The van der Waals surface area contributed by atoms with E-state index < -0.39 is 17.7 Å². The fourth-order valence-electron chi connectivity index (χ4n) is 1.90. The van der Waals surface area contributed by atoms with E-state index in [1.54, 1.807) is 20.8 Å². The molecule has 0 atom stereocenters. The number of alkyl carbamates (subject to hydrolysis) is 1.